The van der Waals surface area contributed by atoms with E-state index in [1.807, 2.05) is 13.8 Å². The van der Waals surface area contributed by atoms with E-state index in [9.17, 15) is 8.78 Å². The first-order valence-electron chi connectivity index (χ1n) is 12.2. The van der Waals surface area contributed by atoms with Crippen LogP contribution in [0.3, 0.4) is 0 Å². The van der Waals surface area contributed by atoms with Gasteiger partial charge in [-0.2, -0.15) is 0 Å². The van der Waals surface area contributed by atoms with Gasteiger partial charge in [0.05, 0.1) is 27.7 Å². The molecule has 6 rings (SSSR count). The molecule has 4 nitrogen and oxygen atoms in total. The third kappa shape index (κ3) is 4.03. The Morgan fingerprint density at radius 1 is 1.03 bits per heavy atom. The number of thiophene rings is 1. The van der Waals surface area contributed by atoms with Gasteiger partial charge in [-0.15, -0.1) is 11.3 Å². The molecule has 7 heteroatoms. The zero-order valence-electron chi connectivity index (χ0n) is 19.8. The summed E-state index contributed by atoms with van der Waals surface area (Å²) in [6.45, 7) is 11.4. The van der Waals surface area contributed by atoms with Gasteiger partial charge in [0.1, 0.15) is 0 Å². The van der Waals surface area contributed by atoms with Crippen LogP contribution in [0.2, 0.25) is 0 Å². The molecule has 1 aromatic carbocycles. The van der Waals surface area contributed by atoms with Gasteiger partial charge in [-0.05, 0) is 43.2 Å². The fraction of sp³-hybridized carbons (Fsp3) is 0.538. The molecule has 2 unspecified atom stereocenters. The quantitative estimate of drug-likeness (QED) is 0.597. The second kappa shape index (κ2) is 8.58. The molecule has 1 spiro atoms. The normalized spacial score (nSPS) is 27.4. The van der Waals surface area contributed by atoms with E-state index < -0.39 is 11.3 Å². The van der Waals surface area contributed by atoms with Crippen LogP contribution in [0.1, 0.15) is 48.0 Å². The van der Waals surface area contributed by atoms with Crippen molar-refractivity contribution in [2.45, 2.75) is 45.6 Å². The van der Waals surface area contributed by atoms with Gasteiger partial charge < -0.3 is 20.4 Å². The predicted molar refractivity (Wildman–Crippen MR) is 134 cm³/mol. The number of halogens is 2. The third-order valence-electron chi connectivity index (χ3n) is 7.36. The molecule has 33 heavy (non-hydrogen) atoms. The number of anilines is 2. The van der Waals surface area contributed by atoms with Crippen LogP contribution in [-0.4, -0.2) is 50.1 Å². The van der Waals surface area contributed by atoms with Crippen molar-refractivity contribution < 1.29 is 8.78 Å². The van der Waals surface area contributed by atoms with Gasteiger partial charge in [0.2, 0.25) is 0 Å². The zero-order valence-corrected chi connectivity index (χ0v) is 20.6. The lowest BCUT2D eigenvalue weighted by Gasteiger charge is -2.31. The summed E-state index contributed by atoms with van der Waals surface area (Å²) >= 11 is 1.75. The maximum Gasteiger partial charge on any atom is 0.256 e. The van der Waals surface area contributed by atoms with Crippen molar-refractivity contribution in [1.82, 2.24) is 10.2 Å². The number of alkyl halides is 2. The molecule has 4 aliphatic rings. The van der Waals surface area contributed by atoms with Crippen molar-refractivity contribution in [2.75, 3.05) is 49.5 Å². The monoisotopic (exact) mass is 472 g/mol. The van der Waals surface area contributed by atoms with Gasteiger partial charge >= 0.3 is 0 Å². The number of piperazine rings is 1. The Kier molecular flexibility index (Phi) is 5.90. The number of nitrogens with zero attached hydrogens (tertiary/aromatic N) is 2. The highest BCUT2D eigenvalue weighted by Gasteiger charge is 2.72. The summed E-state index contributed by atoms with van der Waals surface area (Å²) in [6, 6.07) is 11.1. The second-order valence-electron chi connectivity index (χ2n) is 9.44. The molecule has 1 aliphatic carbocycles. The van der Waals surface area contributed by atoms with E-state index in [0.717, 1.165) is 37.6 Å². The minimum absolute atomic E-state index is 0.0461. The molecule has 2 N–H and O–H groups in total. The molecular formula is C26H34F2N4S. The minimum atomic E-state index is -2.48. The highest BCUT2D eigenvalue weighted by atomic mass is 32.1. The van der Waals surface area contributed by atoms with Crippen LogP contribution in [-0.2, 0) is 0 Å². The third-order valence-corrected chi connectivity index (χ3v) is 8.44. The molecule has 0 bridgehead atoms. The summed E-state index contributed by atoms with van der Waals surface area (Å²) in [5.41, 5.74) is 3.93. The van der Waals surface area contributed by atoms with Gasteiger partial charge in [-0.25, -0.2) is 8.78 Å². The Hall–Kier alpha value is -2.12. The number of likely N-dealkylation sites (tertiary alicyclic amines) is 1. The summed E-state index contributed by atoms with van der Waals surface area (Å²) in [5.74, 6) is -2.48. The molecule has 3 fully saturated rings. The molecular weight excluding hydrogens is 438 g/mol. The van der Waals surface area contributed by atoms with E-state index in [2.05, 4.69) is 63.8 Å². The van der Waals surface area contributed by atoms with Crippen LogP contribution in [0, 0.1) is 12.3 Å². The molecule has 0 radical (unpaired) electrons. The van der Waals surface area contributed by atoms with Gasteiger partial charge in [0, 0.05) is 56.3 Å². The Bertz CT molecular complexity index is 1030. The Balaban J connectivity index is 0.00000111. The Labute approximate surface area is 199 Å². The van der Waals surface area contributed by atoms with Crippen LogP contribution in [0.5, 0.6) is 0 Å². The molecule has 1 saturated carbocycles. The van der Waals surface area contributed by atoms with Crippen molar-refractivity contribution in [2.24, 2.45) is 5.41 Å². The lowest BCUT2D eigenvalue weighted by atomic mass is 10.0. The Morgan fingerprint density at radius 3 is 2.36 bits per heavy atom. The van der Waals surface area contributed by atoms with Crippen LogP contribution >= 0.6 is 11.3 Å². The van der Waals surface area contributed by atoms with E-state index in [0.29, 0.717) is 19.5 Å². The first kappa shape index (κ1) is 22.7. The van der Waals surface area contributed by atoms with Gasteiger partial charge in [0.15, 0.2) is 0 Å². The van der Waals surface area contributed by atoms with E-state index in [-0.39, 0.29) is 12.5 Å². The fourth-order valence-corrected chi connectivity index (χ4v) is 6.43. The molecule has 2 aromatic rings. The van der Waals surface area contributed by atoms with Gasteiger partial charge in [0.25, 0.3) is 5.92 Å². The highest BCUT2D eigenvalue weighted by molar-refractivity contribution is 7.13. The molecule has 0 amide bonds. The van der Waals surface area contributed by atoms with E-state index in [4.69, 9.17) is 0 Å². The minimum Gasteiger partial charge on any atom is -0.373 e. The summed E-state index contributed by atoms with van der Waals surface area (Å²) in [4.78, 5) is 7.05. The number of hydrogen-bond acceptors (Lipinski definition) is 5. The molecule has 3 aliphatic heterocycles. The predicted octanol–water partition coefficient (Wildman–Crippen LogP) is 5.73. The van der Waals surface area contributed by atoms with Crippen LogP contribution < -0.4 is 15.5 Å². The lowest BCUT2D eigenvalue weighted by molar-refractivity contribution is 0.0682. The van der Waals surface area contributed by atoms with E-state index in [1.54, 1.807) is 11.3 Å². The summed E-state index contributed by atoms with van der Waals surface area (Å²) in [7, 11) is 0. The fourth-order valence-electron chi connectivity index (χ4n) is 5.40. The Morgan fingerprint density at radius 2 is 1.73 bits per heavy atom. The zero-order chi connectivity index (χ0) is 23.2. The average Bonchev–Trinajstić information content (AvgIpc) is 3.16. The summed E-state index contributed by atoms with van der Waals surface area (Å²) < 4.78 is 28.0. The standard InChI is InChI=1S/C24H28F2N4S.C2H6/c1-16-12-20-22(31-16)21(30-9-6-23(15-30)14-24(23,25)26)13-19(28-20)17-2-4-18(5-3-17)29-10-7-27-8-11-29;1-2/h2-5,12-13,19,27-28H,6-11,14-15H2,1H3;1-2H3. The van der Waals surface area contributed by atoms with Crippen LogP contribution in [0.4, 0.5) is 20.2 Å². The number of rotatable bonds is 3. The van der Waals surface area contributed by atoms with Crippen molar-refractivity contribution >= 4 is 28.4 Å². The van der Waals surface area contributed by atoms with Crippen molar-refractivity contribution in [3.63, 3.8) is 0 Å². The lowest BCUT2D eigenvalue weighted by Crippen LogP contribution is -2.43. The number of benzene rings is 1. The maximum absolute atomic E-state index is 14.0. The molecule has 1 aromatic heterocycles. The topological polar surface area (TPSA) is 30.5 Å². The van der Waals surface area contributed by atoms with E-state index >= 15 is 0 Å². The van der Waals surface area contributed by atoms with Crippen molar-refractivity contribution in [1.29, 1.82) is 0 Å². The van der Waals surface area contributed by atoms with E-state index in [1.165, 1.54) is 21.0 Å². The molecule has 2 saturated heterocycles. The first-order valence-corrected chi connectivity index (χ1v) is 13.0. The van der Waals surface area contributed by atoms with Crippen LogP contribution in [0.25, 0.3) is 5.70 Å². The number of aryl methyl sites for hydroxylation is 1. The molecule has 178 valence electrons. The smallest absolute Gasteiger partial charge is 0.256 e. The van der Waals surface area contributed by atoms with Crippen molar-refractivity contribution in [3.8, 4) is 0 Å². The number of fused-ring (bicyclic) bond motifs is 1. The summed E-state index contributed by atoms with van der Waals surface area (Å²) in [6.07, 6.45) is 2.89. The second-order valence-corrected chi connectivity index (χ2v) is 10.7. The average molecular weight is 473 g/mol. The molecule has 2 atom stereocenters. The number of nitrogens with one attached hydrogen (secondary N) is 2. The first-order chi connectivity index (χ1) is 15.9. The van der Waals surface area contributed by atoms with Crippen molar-refractivity contribution in [3.05, 3.63) is 51.7 Å². The summed E-state index contributed by atoms with van der Waals surface area (Å²) in [5, 5.41) is 7.07. The highest BCUT2D eigenvalue weighted by Crippen LogP contribution is 2.66. The van der Waals surface area contributed by atoms with Gasteiger partial charge in [-0.1, -0.05) is 26.0 Å². The number of hydrogen-bond donors (Lipinski definition) is 2. The maximum atomic E-state index is 14.0. The molecule has 4 heterocycles. The largest absolute Gasteiger partial charge is 0.373 e. The van der Waals surface area contributed by atoms with Gasteiger partial charge in [-0.3, -0.25) is 0 Å². The SMILES string of the molecule is CC.Cc1cc2c(s1)C(N1CCC3(C1)CC3(F)F)=CC(c1ccc(N3CCNCC3)cc1)N2. The van der Waals surface area contributed by atoms with Crippen LogP contribution in [0.15, 0.2) is 36.4 Å².